The molecule has 0 aliphatic rings. The summed E-state index contributed by atoms with van der Waals surface area (Å²) in [6.45, 7) is 10.7. The molecule has 0 spiro atoms. The molecule has 1 aromatic carbocycles. The number of hydrogen-bond donors (Lipinski definition) is 1. The van der Waals surface area contributed by atoms with Crippen LogP contribution in [0, 0.1) is 27.7 Å². The van der Waals surface area contributed by atoms with E-state index in [1.54, 1.807) is 7.11 Å². The predicted molar refractivity (Wildman–Crippen MR) is 86.8 cm³/mol. The summed E-state index contributed by atoms with van der Waals surface area (Å²) < 4.78 is 7.13. The van der Waals surface area contributed by atoms with Crippen molar-refractivity contribution in [2.45, 2.75) is 40.8 Å². The van der Waals surface area contributed by atoms with Crippen LogP contribution in [0.15, 0.2) is 18.2 Å². The van der Waals surface area contributed by atoms with Gasteiger partial charge in [0, 0.05) is 13.7 Å². The van der Waals surface area contributed by atoms with E-state index in [0.29, 0.717) is 6.61 Å². The Balaban J connectivity index is 2.13. The molecule has 2 rings (SSSR count). The van der Waals surface area contributed by atoms with Crippen LogP contribution in [0.3, 0.4) is 0 Å². The van der Waals surface area contributed by atoms with Crippen LogP contribution in [0.2, 0.25) is 0 Å². The maximum atomic E-state index is 5.13. The van der Waals surface area contributed by atoms with Gasteiger partial charge in [0.05, 0.1) is 30.2 Å². The molecule has 0 atom stereocenters. The molecule has 0 aliphatic heterocycles. The van der Waals surface area contributed by atoms with E-state index in [9.17, 15) is 0 Å². The molecule has 1 aromatic heterocycles. The van der Waals surface area contributed by atoms with Crippen molar-refractivity contribution < 1.29 is 4.74 Å². The second-order valence-corrected chi connectivity index (χ2v) is 5.55. The van der Waals surface area contributed by atoms with Gasteiger partial charge in [0.15, 0.2) is 0 Å². The third-order valence-corrected chi connectivity index (χ3v) is 3.85. The van der Waals surface area contributed by atoms with Gasteiger partial charge >= 0.3 is 0 Å². The molecule has 0 unspecified atom stereocenters. The summed E-state index contributed by atoms with van der Waals surface area (Å²) in [6.07, 6.45) is 0. The summed E-state index contributed by atoms with van der Waals surface area (Å²) in [5.41, 5.74) is 7.27. The molecule has 21 heavy (non-hydrogen) atoms. The highest BCUT2D eigenvalue weighted by Crippen LogP contribution is 2.21. The van der Waals surface area contributed by atoms with E-state index in [0.717, 1.165) is 30.2 Å². The van der Waals surface area contributed by atoms with Gasteiger partial charge in [-0.05, 0) is 38.8 Å². The third kappa shape index (κ3) is 3.64. The molecule has 0 amide bonds. The Labute approximate surface area is 127 Å². The lowest BCUT2D eigenvalue weighted by Crippen LogP contribution is -2.08. The van der Waals surface area contributed by atoms with E-state index in [2.05, 4.69) is 49.4 Å². The van der Waals surface area contributed by atoms with Crippen LogP contribution in [0.1, 0.15) is 28.1 Å². The Bertz CT molecular complexity index is 617. The first-order chi connectivity index (χ1) is 10.0. The van der Waals surface area contributed by atoms with E-state index in [1.165, 1.54) is 16.7 Å². The molecule has 0 fully saturated rings. The maximum Gasteiger partial charge on any atom is 0.0828 e. The lowest BCUT2D eigenvalue weighted by molar-refractivity contribution is 0.182. The molecule has 0 saturated heterocycles. The Morgan fingerprint density at radius 3 is 2.67 bits per heavy atom. The van der Waals surface area contributed by atoms with Crippen molar-refractivity contribution in [1.82, 2.24) is 9.78 Å². The number of anilines is 1. The Kier molecular flexibility index (Phi) is 5.02. The quantitative estimate of drug-likeness (QED) is 0.885. The average molecular weight is 287 g/mol. The average Bonchev–Trinajstić information content (AvgIpc) is 2.72. The minimum absolute atomic E-state index is 0.679. The van der Waals surface area contributed by atoms with Gasteiger partial charge in [-0.2, -0.15) is 5.10 Å². The first-order valence-corrected chi connectivity index (χ1v) is 7.36. The van der Waals surface area contributed by atoms with Gasteiger partial charge in [-0.15, -0.1) is 0 Å². The fourth-order valence-electron chi connectivity index (χ4n) is 2.52. The molecule has 0 saturated carbocycles. The SMILES string of the molecule is COCCn1nc(C)c(NCc2cc(C)ccc2C)c1C. The molecule has 4 nitrogen and oxygen atoms in total. The molecule has 0 aliphatic carbocycles. The number of nitrogens with zero attached hydrogens (tertiary/aromatic N) is 2. The van der Waals surface area contributed by atoms with Crippen LogP contribution in [0.25, 0.3) is 0 Å². The van der Waals surface area contributed by atoms with Gasteiger partial charge < -0.3 is 10.1 Å². The number of benzene rings is 1. The summed E-state index contributed by atoms with van der Waals surface area (Å²) in [6, 6.07) is 6.56. The van der Waals surface area contributed by atoms with Gasteiger partial charge in [-0.25, -0.2) is 0 Å². The van der Waals surface area contributed by atoms with E-state index >= 15 is 0 Å². The summed E-state index contributed by atoms with van der Waals surface area (Å²) in [5.74, 6) is 0. The first-order valence-electron chi connectivity index (χ1n) is 7.36. The molecule has 4 heteroatoms. The number of methoxy groups -OCH3 is 1. The molecule has 1 heterocycles. The van der Waals surface area contributed by atoms with Gasteiger partial charge in [0.25, 0.3) is 0 Å². The zero-order valence-corrected chi connectivity index (χ0v) is 13.7. The zero-order chi connectivity index (χ0) is 15.4. The number of rotatable bonds is 6. The van der Waals surface area contributed by atoms with E-state index in [-0.39, 0.29) is 0 Å². The van der Waals surface area contributed by atoms with Gasteiger partial charge in [0.1, 0.15) is 0 Å². The Hall–Kier alpha value is -1.81. The first kappa shape index (κ1) is 15.6. The predicted octanol–water partition coefficient (Wildman–Crippen LogP) is 3.38. The van der Waals surface area contributed by atoms with Crippen molar-refractivity contribution in [1.29, 1.82) is 0 Å². The fraction of sp³-hybridized carbons (Fsp3) is 0.471. The lowest BCUT2D eigenvalue weighted by Gasteiger charge is -2.11. The Morgan fingerprint density at radius 2 is 1.95 bits per heavy atom. The van der Waals surface area contributed by atoms with Crippen molar-refractivity contribution >= 4 is 5.69 Å². The molecular formula is C17H25N3O. The standard InChI is InChI=1S/C17H25N3O/c1-12-6-7-13(2)16(10-12)11-18-17-14(3)19-20(15(17)4)8-9-21-5/h6-7,10,18H,8-9,11H2,1-5H3. The third-order valence-electron chi connectivity index (χ3n) is 3.85. The van der Waals surface area contributed by atoms with Gasteiger partial charge in [0.2, 0.25) is 0 Å². The second kappa shape index (κ2) is 6.76. The molecule has 2 aromatic rings. The smallest absolute Gasteiger partial charge is 0.0828 e. The monoisotopic (exact) mass is 287 g/mol. The number of aryl methyl sites for hydroxylation is 3. The van der Waals surface area contributed by atoms with Crippen LogP contribution in [0.4, 0.5) is 5.69 Å². The number of nitrogens with one attached hydrogen (secondary N) is 1. The number of hydrogen-bond acceptors (Lipinski definition) is 3. The van der Waals surface area contributed by atoms with Gasteiger partial charge in [-0.1, -0.05) is 23.8 Å². The van der Waals surface area contributed by atoms with Crippen molar-refractivity contribution in [3.05, 3.63) is 46.3 Å². The van der Waals surface area contributed by atoms with Crippen LogP contribution in [0.5, 0.6) is 0 Å². The van der Waals surface area contributed by atoms with E-state index in [1.807, 2.05) is 11.6 Å². The minimum Gasteiger partial charge on any atom is -0.383 e. The summed E-state index contributed by atoms with van der Waals surface area (Å²) in [4.78, 5) is 0. The van der Waals surface area contributed by atoms with Crippen molar-refractivity contribution in [3.63, 3.8) is 0 Å². The van der Waals surface area contributed by atoms with Crippen LogP contribution < -0.4 is 5.32 Å². The van der Waals surface area contributed by atoms with Crippen molar-refractivity contribution in [3.8, 4) is 0 Å². The summed E-state index contributed by atoms with van der Waals surface area (Å²) >= 11 is 0. The number of ether oxygens (including phenoxy) is 1. The van der Waals surface area contributed by atoms with Crippen molar-refractivity contribution in [2.24, 2.45) is 0 Å². The topological polar surface area (TPSA) is 39.1 Å². The maximum absolute atomic E-state index is 5.13. The highest BCUT2D eigenvalue weighted by Gasteiger charge is 2.11. The highest BCUT2D eigenvalue weighted by molar-refractivity contribution is 5.52. The highest BCUT2D eigenvalue weighted by atomic mass is 16.5. The summed E-state index contributed by atoms with van der Waals surface area (Å²) in [5, 5.41) is 8.11. The largest absolute Gasteiger partial charge is 0.383 e. The molecule has 1 N–H and O–H groups in total. The van der Waals surface area contributed by atoms with Crippen LogP contribution >= 0.6 is 0 Å². The zero-order valence-electron chi connectivity index (χ0n) is 13.7. The van der Waals surface area contributed by atoms with Crippen LogP contribution in [-0.4, -0.2) is 23.5 Å². The normalized spacial score (nSPS) is 10.9. The molecule has 114 valence electrons. The minimum atomic E-state index is 0.679. The number of aromatic nitrogens is 2. The van der Waals surface area contributed by atoms with Crippen molar-refractivity contribution in [2.75, 3.05) is 19.0 Å². The van der Waals surface area contributed by atoms with E-state index < -0.39 is 0 Å². The van der Waals surface area contributed by atoms with Crippen LogP contribution in [-0.2, 0) is 17.8 Å². The second-order valence-electron chi connectivity index (χ2n) is 5.55. The molecule has 0 bridgehead atoms. The van der Waals surface area contributed by atoms with E-state index in [4.69, 9.17) is 4.74 Å². The summed E-state index contributed by atoms with van der Waals surface area (Å²) in [7, 11) is 1.71. The Morgan fingerprint density at radius 1 is 1.19 bits per heavy atom. The molecule has 0 radical (unpaired) electrons. The van der Waals surface area contributed by atoms with Gasteiger partial charge in [-0.3, -0.25) is 4.68 Å². The fourth-order valence-corrected chi connectivity index (χ4v) is 2.52. The lowest BCUT2D eigenvalue weighted by atomic mass is 10.1. The molecular weight excluding hydrogens is 262 g/mol.